The Morgan fingerprint density at radius 1 is 1.29 bits per heavy atom. The van der Waals surface area contributed by atoms with E-state index in [1.807, 2.05) is 6.92 Å². The molecule has 1 rings (SSSR count). The van der Waals surface area contributed by atoms with Crippen LogP contribution in [0.5, 0.6) is 5.75 Å². The van der Waals surface area contributed by atoms with E-state index in [1.165, 1.54) is 16.7 Å². The van der Waals surface area contributed by atoms with Crippen LogP contribution in [-0.4, -0.2) is 31.4 Å². The first-order valence-corrected chi connectivity index (χ1v) is 6.06. The van der Waals surface area contributed by atoms with Crippen molar-refractivity contribution in [1.29, 1.82) is 0 Å². The topological polar surface area (TPSA) is 41.5 Å². The van der Waals surface area contributed by atoms with Gasteiger partial charge in [0.1, 0.15) is 5.75 Å². The maximum absolute atomic E-state index is 8.92. The first-order chi connectivity index (χ1) is 8.08. The van der Waals surface area contributed by atoms with E-state index in [0.29, 0.717) is 0 Å². The van der Waals surface area contributed by atoms with Gasteiger partial charge in [0.15, 0.2) is 0 Å². The number of methoxy groups -OCH3 is 1. The lowest BCUT2D eigenvalue weighted by atomic mass is 10.0. The molecule has 1 atom stereocenters. The zero-order chi connectivity index (χ0) is 12.8. The predicted octanol–water partition coefficient (Wildman–Crippen LogP) is 1.82. The molecule has 0 spiro atoms. The fourth-order valence-corrected chi connectivity index (χ4v) is 1.86. The predicted molar refractivity (Wildman–Crippen MR) is 70.7 cm³/mol. The van der Waals surface area contributed by atoms with Crippen molar-refractivity contribution in [2.75, 3.05) is 20.3 Å². The molecule has 0 amide bonds. The summed E-state index contributed by atoms with van der Waals surface area (Å²) in [7, 11) is 1.70. The molecule has 17 heavy (non-hydrogen) atoms. The van der Waals surface area contributed by atoms with Crippen molar-refractivity contribution in [1.82, 2.24) is 5.32 Å². The van der Waals surface area contributed by atoms with Crippen LogP contribution < -0.4 is 10.1 Å². The lowest BCUT2D eigenvalue weighted by Gasteiger charge is -2.13. The van der Waals surface area contributed by atoms with Crippen LogP contribution in [0.1, 0.15) is 23.6 Å². The number of aryl methyl sites for hydroxylation is 2. The smallest absolute Gasteiger partial charge is 0.122 e. The summed E-state index contributed by atoms with van der Waals surface area (Å²) in [4.78, 5) is 0. The number of aliphatic hydroxyl groups is 1. The molecule has 1 aromatic rings. The molecule has 1 aromatic carbocycles. The summed E-state index contributed by atoms with van der Waals surface area (Å²) < 4.78 is 5.29. The van der Waals surface area contributed by atoms with Gasteiger partial charge >= 0.3 is 0 Å². The van der Waals surface area contributed by atoms with Crippen LogP contribution in [0.2, 0.25) is 0 Å². The van der Waals surface area contributed by atoms with Gasteiger partial charge in [0.05, 0.1) is 13.7 Å². The Hall–Kier alpha value is -1.06. The first kappa shape index (κ1) is 14.0. The summed E-state index contributed by atoms with van der Waals surface area (Å²) in [5.41, 5.74) is 3.76. The number of hydrogen-bond acceptors (Lipinski definition) is 3. The second-order valence-corrected chi connectivity index (χ2v) is 4.54. The average Bonchev–Trinajstić information content (AvgIpc) is 2.32. The molecule has 0 aliphatic rings. The summed E-state index contributed by atoms with van der Waals surface area (Å²) in [6.45, 7) is 7.21. The quantitative estimate of drug-likeness (QED) is 0.793. The largest absolute Gasteiger partial charge is 0.496 e. The normalized spacial score (nSPS) is 12.5. The Balaban J connectivity index is 2.62. The van der Waals surface area contributed by atoms with Crippen molar-refractivity contribution < 1.29 is 9.84 Å². The van der Waals surface area contributed by atoms with E-state index in [4.69, 9.17) is 9.84 Å². The highest BCUT2D eigenvalue weighted by Gasteiger charge is 2.05. The highest BCUT2D eigenvalue weighted by molar-refractivity contribution is 5.41. The van der Waals surface area contributed by atoms with Gasteiger partial charge in [0.25, 0.3) is 0 Å². The molecule has 0 radical (unpaired) electrons. The van der Waals surface area contributed by atoms with Gasteiger partial charge in [0, 0.05) is 6.04 Å². The minimum atomic E-state index is 0.162. The zero-order valence-corrected chi connectivity index (χ0v) is 11.2. The molecular formula is C14H23NO2. The summed E-state index contributed by atoms with van der Waals surface area (Å²) >= 11 is 0. The highest BCUT2D eigenvalue weighted by atomic mass is 16.5. The van der Waals surface area contributed by atoms with Crippen molar-refractivity contribution in [2.45, 2.75) is 33.2 Å². The monoisotopic (exact) mass is 237 g/mol. The number of rotatable bonds is 6. The molecule has 0 saturated heterocycles. The molecule has 0 aliphatic heterocycles. The van der Waals surface area contributed by atoms with Crippen LogP contribution in [-0.2, 0) is 6.42 Å². The molecule has 3 nitrogen and oxygen atoms in total. The fraction of sp³-hybridized carbons (Fsp3) is 0.571. The zero-order valence-electron chi connectivity index (χ0n) is 11.2. The van der Waals surface area contributed by atoms with E-state index in [2.05, 4.69) is 31.3 Å². The van der Waals surface area contributed by atoms with E-state index in [1.54, 1.807) is 7.11 Å². The van der Waals surface area contributed by atoms with Crippen molar-refractivity contribution in [3.8, 4) is 5.75 Å². The number of hydrogen-bond donors (Lipinski definition) is 2. The van der Waals surface area contributed by atoms with Crippen LogP contribution in [0.4, 0.5) is 0 Å². The fourth-order valence-electron chi connectivity index (χ4n) is 1.86. The third kappa shape index (κ3) is 4.02. The summed E-state index contributed by atoms with van der Waals surface area (Å²) in [5.74, 6) is 0.947. The van der Waals surface area contributed by atoms with Crippen molar-refractivity contribution >= 4 is 0 Å². The number of nitrogens with one attached hydrogen (secondary N) is 1. The maximum atomic E-state index is 8.92. The first-order valence-electron chi connectivity index (χ1n) is 6.06. The molecule has 0 fully saturated rings. The molecule has 0 aliphatic carbocycles. The summed E-state index contributed by atoms with van der Waals surface area (Å²) in [6, 6.07) is 4.43. The number of ether oxygens (including phenoxy) is 1. The second-order valence-electron chi connectivity index (χ2n) is 4.54. The second kappa shape index (κ2) is 6.62. The van der Waals surface area contributed by atoms with E-state index < -0.39 is 0 Å². The van der Waals surface area contributed by atoms with Gasteiger partial charge in [-0.2, -0.15) is 0 Å². The lowest BCUT2D eigenvalue weighted by molar-refractivity contribution is 0.252. The van der Waals surface area contributed by atoms with Gasteiger partial charge in [0.2, 0.25) is 0 Å². The van der Waals surface area contributed by atoms with Gasteiger partial charge in [-0.3, -0.25) is 0 Å². The van der Waals surface area contributed by atoms with E-state index in [-0.39, 0.29) is 12.6 Å². The standard InChI is InChI=1S/C14H23NO2/c1-10-8-14(17-4)11(2)7-13(10)5-6-15-12(3)9-16/h7-8,12,15-16H,5-6,9H2,1-4H3. The molecule has 0 bridgehead atoms. The molecule has 0 heterocycles. The van der Waals surface area contributed by atoms with E-state index in [9.17, 15) is 0 Å². The minimum absolute atomic E-state index is 0.162. The van der Waals surface area contributed by atoms with Gasteiger partial charge in [-0.1, -0.05) is 6.07 Å². The van der Waals surface area contributed by atoms with Gasteiger partial charge in [-0.25, -0.2) is 0 Å². The number of aliphatic hydroxyl groups excluding tert-OH is 1. The molecule has 0 aromatic heterocycles. The summed E-state index contributed by atoms with van der Waals surface area (Å²) in [5, 5.41) is 12.2. The van der Waals surface area contributed by atoms with Crippen molar-refractivity contribution in [3.05, 3.63) is 28.8 Å². The van der Waals surface area contributed by atoms with Crippen LogP contribution in [0.25, 0.3) is 0 Å². The van der Waals surface area contributed by atoms with Crippen LogP contribution in [0, 0.1) is 13.8 Å². The van der Waals surface area contributed by atoms with Crippen LogP contribution >= 0.6 is 0 Å². The molecule has 0 saturated carbocycles. The third-order valence-electron chi connectivity index (χ3n) is 3.01. The summed E-state index contributed by atoms with van der Waals surface area (Å²) in [6.07, 6.45) is 0.973. The minimum Gasteiger partial charge on any atom is -0.496 e. The Kier molecular flexibility index (Phi) is 5.45. The number of benzene rings is 1. The highest BCUT2D eigenvalue weighted by Crippen LogP contribution is 2.22. The van der Waals surface area contributed by atoms with Gasteiger partial charge in [-0.05, 0) is 56.5 Å². The van der Waals surface area contributed by atoms with Gasteiger partial charge < -0.3 is 15.2 Å². The maximum Gasteiger partial charge on any atom is 0.122 e. The lowest BCUT2D eigenvalue weighted by Crippen LogP contribution is -2.31. The SMILES string of the molecule is COc1cc(C)c(CCNC(C)CO)cc1C. The third-order valence-corrected chi connectivity index (χ3v) is 3.01. The van der Waals surface area contributed by atoms with Gasteiger partial charge in [-0.15, -0.1) is 0 Å². The van der Waals surface area contributed by atoms with Crippen LogP contribution in [0.3, 0.4) is 0 Å². The van der Waals surface area contributed by atoms with Crippen LogP contribution in [0.15, 0.2) is 12.1 Å². The Bertz CT molecular complexity index is 363. The average molecular weight is 237 g/mol. The van der Waals surface area contributed by atoms with Crippen molar-refractivity contribution in [2.24, 2.45) is 0 Å². The Morgan fingerprint density at radius 2 is 2.00 bits per heavy atom. The van der Waals surface area contributed by atoms with E-state index in [0.717, 1.165) is 18.7 Å². The molecular weight excluding hydrogens is 214 g/mol. The Labute approximate surface area is 104 Å². The van der Waals surface area contributed by atoms with Crippen molar-refractivity contribution in [3.63, 3.8) is 0 Å². The van der Waals surface area contributed by atoms with E-state index >= 15 is 0 Å². The molecule has 2 N–H and O–H groups in total. The molecule has 1 unspecified atom stereocenters. The Morgan fingerprint density at radius 3 is 2.59 bits per heavy atom. The molecule has 96 valence electrons. The molecule has 3 heteroatoms.